The second-order valence-corrected chi connectivity index (χ2v) is 9.12. The Morgan fingerprint density at radius 2 is 1.31 bits per heavy atom. The highest BCUT2D eigenvalue weighted by Gasteiger charge is 2.69. The lowest BCUT2D eigenvalue weighted by atomic mass is 9.60. The van der Waals surface area contributed by atoms with Crippen molar-refractivity contribution >= 4 is 29.7 Å². The molecule has 2 unspecified atom stereocenters. The number of carbonyl (C=O) groups is 3. The minimum atomic E-state index is -3.29. The minimum Gasteiger partial charge on any atom is -0.504 e. The molecule has 12 heteroatoms. The summed E-state index contributed by atoms with van der Waals surface area (Å²) in [6.45, 7) is 0. The first-order chi connectivity index (χ1) is 18.2. The molecule has 12 nitrogen and oxygen atoms in total. The number of benzene rings is 2. The molecule has 4 atom stereocenters. The van der Waals surface area contributed by atoms with Gasteiger partial charge in [0.05, 0.1) is 20.3 Å². The number of aliphatic carboxylic acids is 1. The number of ether oxygens (including phenoxy) is 2. The Kier molecular flexibility index (Phi) is 8.17. The van der Waals surface area contributed by atoms with Crippen molar-refractivity contribution in [3.63, 3.8) is 0 Å². The summed E-state index contributed by atoms with van der Waals surface area (Å²) in [6, 6.07) is 7.96. The standard InChI is InChI=1S/C27H28O12/c1-38-19-11-15(3-7-17(19)28)5-9-21(30)26(36)14-25(35,24(33)34)13-23(32)27(26,37)22(31)10-6-16-4-8-18(29)20(12-16)39-2/h3-12,23,28-29,32,35-37H,13-14H2,1-2H3,(H,33,34)/b9-5+,10-6+/t23-,25?,26+,27?/m1/s1. The fourth-order valence-corrected chi connectivity index (χ4v) is 4.38. The number of hydrogen-bond donors (Lipinski definition) is 7. The number of carboxylic acid groups (broad SMARTS) is 1. The molecule has 0 radical (unpaired) electrons. The number of phenols is 2. The number of ketones is 2. The summed E-state index contributed by atoms with van der Waals surface area (Å²) in [6.07, 6.45) is -0.998. The highest BCUT2D eigenvalue weighted by molar-refractivity contribution is 6.11. The monoisotopic (exact) mass is 544 g/mol. The average Bonchev–Trinajstić information content (AvgIpc) is 2.90. The number of aliphatic hydroxyl groups is 4. The Labute approximate surface area is 222 Å². The van der Waals surface area contributed by atoms with Crippen LogP contribution in [0, 0.1) is 0 Å². The van der Waals surface area contributed by atoms with Crippen LogP contribution < -0.4 is 9.47 Å². The lowest BCUT2D eigenvalue weighted by molar-refractivity contribution is -0.243. The normalized spacial score (nSPS) is 27.0. The molecule has 0 aromatic heterocycles. The molecular formula is C27H28O12. The van der Waals surface area contributed by atoms with Crippen LogP contribution >= 0.6 is 0 Å². The second kappa shape index (κ2) is 10.9. The van der Waals surface area contributed by atoms with Crippen LogP contribution in [0.15, 0.2) is 48.6 Å². The van der Waals surface area contributed by atoms with Crippen molar-refractivity contribution in [3.05, 3.63) is 59.7 Å². The number of carboxylic acids is 1. The van der Waals surface area contributed by atoms with Crippen molar-refractivity contribution < 1.29 is 59.6 Å². The van der Waals surface area contributed by atoms with Crippen molar-refractivity contribution in [2.24, 2.45) is 0 Å². The fourth-order valence-electron chi connectivity index (χ4n) is 4.38. The number of methoxy groups -OCH3 is 2. The van der Waals surface area contributed by atoms with E-state index in [-0.39, 0.29) is 28.6 Å². The Hall–Kier alpha value is -4.23. The molecule has 3 rings (SSSR count). The number of carbonyl (C=O) groups excluding carboxylic acids is 2. The molecule has 2 aromatic rings. The lowest BCUT2D eigenvalue weighted by Crippen LogP contribution is -2.75. The zero-order valence-corrected chi connectivity index (χ0v) is 20.9. The second-order valence-electron chi connectivity index (χ2n) is 9.12. The van der Waals surface area contributed by atoms with Gasteiger partial charge < -0.3 is 45.2 Å². The maximum atomic E-state index is 13.3. The minimum absolute atomic E-state index is 0.0549. The van der Waals surface area contributed by atoms with E-state index in [1.165, 1.54) is 50.6 Å². The third-order valence-electron chi connectivity index (χ3n) is 6.64. The zero-order chi connectivity index (χ0) is 29.2. The van der Waals surface area contributed by atoms with E-state index < -0.39 is 53.3 Å². The third-order valence-corrected chi connectivity index (χ3v) is 6.64. The molecule has 39 heavy (non-hydrogen) atoms. The molecule has 7 N–H and O–H groups in total. The van der Waals surface area contributed by atoms with Gasteiger partial charge in [-0.1, -0.05) is 24.3 Å². The van der Waals surface area contributed by atoms with E-state index in [1.54, 1.807) is 0 Å². The van der Waals surface area contributed by atoms with E-state index in [0.717, 1.165) is 24.3 Å². The van der Waals surface area contributed by atoms with Gasteiger partial charge in [0, 0.05) is 12.8 Å². The SMILES string of the molecule is COc1cc(/C=C/C(=O)C2(O)[C@H](O)CC(O)(C(=O)O)C[C@]2(O)C(=O)/C=C/c2ccc(O)c(OC)c2)ccc1O. The van der Waals surface area contributed by atoms with Gasteiger partial charge in [-0.15, -0.1) is 0 Å². The summed E-state index contributed by atoms with van der Waals surface area (Å²) < 4.78 is 9.97. The van der Waals surface area contributed by atoms with E-state index >= 15 is 0 Å². The number of aliphatic hydroxyl groups excluding tert-OH is 1. The molecule has 0 amide bonds. The predicted octanol–water partition coefficient (Wildman–Crippen LogP) is 0.412. The summed E-state index contributed by atoms with van der Waals surface area (Å²) in [4.78, 5) is 38.2. The molecule has 0 aliphatic heterocycles. The Balaban J connectivity index is 2.04. The van der Waals surface area contributed by atoms with Gasteiger partial charge >= 0.3 is 5.97 Å². The molecule has 0 heterocycles. The van der Waals surface area contributed by atoms with Gasteiger partial charge in [-0.05, 0) is 47.5 Å². The van der Waals surface area contributed by atoms with Crippen LogP contribution in [0.4, 0.5) is 0 Å². The van der Waals surface area contributed by atoms with E-state index in [4.69, 9.17) is 9.47 Å². The summed E-state index contributed by atoms with van der Waals surface area (Å²) in [5.74, 6) is -4.89. The molecule has 2 aromatic carbocycles. The number of hydrogen-bond acceptors (Lipinski definition) is 11. The van der Waals surface area contributed by atoms with Crippen molar-refractivity contribution in [3.8, 4) is 23.0 Å². The van der Waals surface area contributed by atoms with E-state index in [1.807, 2.05) is 0 Å². The lowest BCUT2D eigenvalue weighted by Gasteiger charge is -2.50. The van der Waals surface area contributed by atoms with Crippen LogP contribution in [0.5, 0.6) is 23.0 Å². The van der Waals surface area contributed by atoms with E-state index in [2.05, 4.69) is 0 Å². The number of phenolic OH excluding ortho intramolecular Hbond substituents is 2. The van der Waals surface area contributed by atoms with Crippen LogP contribution in [0.3, 0.4) is 0 Å². The quantitative estimate of drug-likeness (QED) is 0.214. The third kappa shape index (κ3) is 5.36. The van der Waals surface area contributed by atoms with Crippen molar-refractivity contribution in [2.45, 2.75) is 35.7 Å². The van der Waals surface area contributed by atoms with Gasteiger partial charge in [-0.25, -0.2) is 4.79 Å². The average molecular weight is 545 g/mol. The maximum Gasteiger partial charge on any atom is 0.335 e. The first-order valence-electron chi connectivity index (χ1n) is 11.5. The maximum absolute atomic E-state index is 13.3. The predicted molar refractivity (Wildman–Crippen MR) is 135 cm³/mol. The first kappa shape index (κ1) is 29.3. The first-order valence-corrected chi connectivity index (χ1v) is 11.5. The summed E-state index contributed by atoms with van der Waals surface area (Å²) >= 11 is 0. The molecule has 1 aliphatic rings. The summed E-state index contributed by atoms with van der Waals surface area (Å²) in [5, 5.41) is 73.0. The van der Waals surface area contributed by atoms with Crippen LogP contribution in [0.25, 0.3) is 12.2 Å². The van der Waals surface area contributed by atoms with Crippen LogP contribution in [0.1, 0.15) is 24.0 Å². The molecular weight excluding hydrogens is 516 g/mol. The summed E-state index contributed by atoms with van der Waals surface area (Å²) in [5.41, 5.74) is -8.84. The van der Waals surface area contributed by atoms with Gasteiger partial charge in [-0.2, -0.15) is 0 Å². The Bertz CT molecular complexity index is 1350. The van der Waals surface area contributed by atoms with Crippen LogP contribution in [-0.4, -0.2) is 90.4 Å². The molecule has 1 aliphatic carbocycles. The van der Waals surface area contributed by atoms with Gasteiger partial charge in [0.15, 0.2) is 51.4 Å². The van der Waals surface area contributed by atoms with E-state index in [9.17, 15) is 50.1 Å². The molecule has 1 fully saturated rings. The van der Waals surface area contributed by atoms with E-state index in [0.29, 0.717) is 5.56 Å². The molecule has 0 bridgehead atoms. The van der Waals surface area contributed by atoms with Gasteiger partial charge in [0.25, 0.3) is 0 Å². The van der Waals surface area contributed by atoms with Crippen LogP contribution in [0.2, 0.25) is 0 Å². The van der Waals surface area contributed by atoms with Crippen LogP contribution in [-0.2, 0) is 14.4 Å². The topological polar surface area (TPSA) is 211 Å². The molecule has 0 saturated heterocycles. The number of rotatable bonds is 9. The largest absolute Gasteiger partial charge is 0.504 e. The molecule has 1 saturated carbocycles. The van der Waals surface area contributed by atoms with Crippen molar-refractivity contribution in [2.75, 3.05) is 14.2 Å². The fraction of sp³-hybridized carbons (Fsp3) is 0.296. The van der Waals surface area contributed by atoms with Crippen molar-refractivity contribution in [1.29, 1.82) is 0 Å². The highest BCUT2D eigenvalue weighted by atomic mass is 16.5. The zero-order valence-electron chi connectivity index (χ0n) is 20.9. The smallest absolute Gasteiger partial charge is 0.335 e. The van der Waals surface area contributed by atoms with Crippen molar-refractivity contribution in [1.82, 2.24) is 0 Å². The Morgan fingerprint density at radius 1 is 0.846 bits per heavy atom. The summed E-state index contributed by atoms with van der Waals surface area (Å²) in [7, 11) is 2.59. The molecule has 208 valence electrons. The highest BCUT2D eigenvalue weighted by Crippen LogP contribution is 2.45. The Morgan fingerprint density at radius 3 is 1.74 bits per heavy atom. The van der Waals surface area contributed by atoms with Gasteiger partial charge in [0.2, 0.25) is 0 Å². The van der Waals surface area contributed by atoms with Gasteiger partial charge in [0.1, 0.15) is 0 Å². The van der Waals surface area contributed by atoms with Gasteiger partial charge in [-0.3, -0.25) is 9.59 Å². The number of aromatic hydroxyl groups is 2. The molecule has 0 spiro atoms.